The lowest BCUT2D eigenvalue weighted by Gasteiger charge is -2.38. The molecular weight excluding hydrogens is 423 g/mol. The number of hydrogen-bond donors (Lipinski definition) is 0. The number of benzene rings is 1. The van der Waals surface area contributed by atoms with Gasteiger partial charge in [-0.05, 0) is 61.5 Å². The summed E-state index contributed by atoms with van der Waals surface area (Å²) in [6, 6.07) is 4.15. The third-order valence-corrected chi connectivity index (χ3v) is 8.28. The van der Waals surface area contributed by atoms with Crippen LogP contribution in [0.2, 0.25) is 5.02 Å². The molecule has 2 saturated carbocycles. The number of carbonyl (C=O) groups is 1. The second kappa shape index (κ2) is 13.6. The summed E-state index contributed by atoms with van der Waals surface area (Å²) in [6.45, 7) is 2.28. The molecule has 1 aromatic carbocycles. The zero-order valence-corrected chi connectivity index (χ0v) is 20.7. The third kappa shape index (κ3) is 8.36. The van der Waals surface area contributed by atoms with E-state index in [9.17, 15) is 9.18 Å². The highest BCUT2D eigenvalue weighted by Gasteiger charge is 2.31. The van der Waals surface area contributed by atoms with Crippen molar-refractivity contribution in [3.05, 3.63) is 29.0 Å². The van der Waals surface area contributed by atoms with Crippen molar-refractivity contribution < 1.29 is 13.9 Å². The molecule has 4 heteroatoms. The summed E-state index contributed by atoms with van der Waals surface area (Å²) >= 11 is 5.69. The van der Waals surface area contributed by atoms with E-state index in [-0.39, 0.29) is 16.7 Å². The molecule has 0 heterocycles. The fourth-order valence-corrected chi connectivity index (χ4v) is 6.17. The normalized spacial score (nSPS) is 26.1. The van der Waals surface area contributed by atoms with Crippen molar-refractivity contribution in [2.75, 3.05) is 0 Å². The molecule has 1 aromatic rings. The first kappa shape index (κ1) is 25.5. The van der Waals surface area contributed by atoms with Crippen molar-refractivity contribution in [3.8, 4) is 5.75 Å². The quantitative estimate of drug-likeness (QED) is 0.185. The highest BCUT2D eigenvalue weighted by molar-refractivity contribution is 6.30. The molecular formula is C28H42ClFO2. The standard InChI is InChI=1S/C28H42ClFO2/c1-2-3-4-5-6-8-21-11-14-23(15-12-21)24-10-7-9-22(19-24)13-18-28(31)32-25-16-17-26(29)27(30)20-25/h16-17,20-24H,2-15,18-19H2,1H3/t21?,22?,23?,24-/m0/s1. The van der Waals surface area contributed by atoms with Crippen LogP contribution in [0.4, 0.5) is 4.39 Å². The van der Waals surface area contributed by atoms with Gasteiger partial charge < -0.3 is 4.74 Å². The average Bonchev–Trinajstić information content (AvgIpc) is 2.81. The Morgan fingerprint density at radius 2 is 1.75 bits per heavy atom. The molecule has 0 amide bonds. The second-order valence-electron chi connectivity index (χ2n) is 10.4. The minimum Gasteiger partial charge on any atom is -0.426 e. The highest BCUT2D eigenvalue weighted by atomic mass is 35.5. The summed E-state index contributed by atoms with van der Waals surface area (Å²) in [5.41, 5.74) is 0. The van der Waals surface area contributed by atoms with E-state index >= 15 is 0 Å². The lowest BCUT2D eigenvalue weighted by Crippen LogP contribution is -2.27. The third-order valence-electron chi connectivity index (χ3n) is 7.98. The van der Waals surface area contributed by atoms with Crippen molar-refractivity contribution in [1.82, 2.24) is 0 Å². The monoisotopic (exact) mass is 464 g/mol. The molecule has 2 aliphatic carbocycles. The zero-order valence-electron chi connectivity index (χ0n) is 19.9. The minimum absolute atomic E-state index is 0.0408. The van der Waals surface area contributed by atoms with Gasteiger partial charge in [-0.1, -0.05) is 89.2 Å². The molecule has 0 aromatic heterocycles. The number of carbonyl (C=O) groups excluding carboxylic acids is 1. The van der Waals surface area contributed by atoms with Gasteiger partial charge in [-0.2, -0.15) is 0 Å². The van der Waals surface area contributed by atoms with Crippen LogP contribution in [-0.2, 0) is 4.79 Å². The van der Waals surface area contributed by atoms with Crippen LogP contribution >= 0.6 is 11.6 Å². The fraction of sp³-hybridized carbons (Fsp3) is 0.750. The van der Waals surface area contributed by atoms with Gasteiger partial charge in [0, 0.05) is 12.5 Å². The molecule has 32 heavy (non-hydrogen) atoms. The molecule has 0 radical (unpaired) electrons. The van der Waals surface area contributed by atoms with Crippen LogP contribution in [0.15, 0.2) is 18.2 Å². The van der Waals surface area contributed by atoms with Crippen molar-refractivity contribution >= 4 is 17.6 Å². The van der Waals surface area contributed by atoms with Gasteiger partial charge in [-0.25, -0.2) is 4.39 Å². The Bertz CT molecular complexity index is 699. The first-order valence-corrected chi connectivity index (χ1v) is 13.6. The lowest BCUT2D eigenvalue weighted by atomic mass is 9.67. The van der Waals surface area contributed by atoms with E-state index in [1.54, 1.807) is 6.07 Å². The van der Waals surface area contributed by atoms with E-state index in [2.05, 4.69) is 6.92 Å². The van der Waals surface area contributed by atoms with Gasteiger partial charge >= 0.3 is 5.97 Å². The lowest BCUT2D eigenvalue weighted by molar-refractivity contribution is -0.134. The van der Waals surface area contributed by atoms with Gasteiger partial charge in [0.1, 0.15) is 11.6 Å². The molecule has 2 nitrogen and oxygen atoms in total. The average molecular weight is 465 g/mol. The Labute approximate surface area is 199 Å². The smallest absolute Gasteiger partial charge is 0.311 e. The Balaban J connectivity index is 1.33. The summed E-state index contributed by atoms with van der Waals surface area (Å²) in [6.07, 6.45) is 20.6. The van der Waals surface area contributed by atoms with Crippen LogP contribution in [0.1, 0.15) is 110 Å². The molecule has 2 aliphatic rings. The van der Waals surface area contributed by atoms with E-state index in [1.807, 2.05) is 0 Å². The number of rotatable bonds is 11. The van der Waals surface area contributed by atoms with Crippen molar-refractivity contribution in [1.29, 1.82) is 0 Å². The molecule has 0 N–H and O–H groups in total. The molecule has 0 bridgehead atoms. The number of unbranched alkanes of at least 4 members (excludes halogenated alkanes) is 4. The van der Waals surface area contributed by atoms with E-state index < -0.39 is 5.82 Å². The van der Waals surface area contributed by atoms with Gasteiger partial charge in [-0.15, -0.1) is 0 Å². The van der Waals surface area contributed by atoms with Crippen molar-refractivity contribution in [2.45, 2.75) is 110 Å². The summed E-state index contributed by atoms with van der Waals surface area (Å²) in [4.78, 5) is 12.2. The Kier molecular flexibility index (Phi) is 10.8. The maximum Gasteiger partial charge on any atom is 0.311 e. The first-order chi connectivity index (χ1) is 15.5. The molecule has 1 unspecified atom stereocenters. The fourth-order valence-electron chi connectivity index (χ4n) is 6.05. The summed E-state index contributed by atoms with van der Waals surface area (Å²) < 4.78 is 18.8. The molecule has 3 rings (SSSR count). The number of halogens is 2. The summed E-state index contributed by atoms with van der Waals surface area (Å²) in [5, 5.41) is 0.0408. The van der Waals surface area contributed by atoms with Crippen LogP contribution in [0.5, 0.6) is 5.75 Å². The second-order valence-corrected chi connectivity index (χ2v) is 10.8. The van der Waals surface area contributed by atoms with Gasteiger partial charge in [0.2, 0.25) is 0 Å². The Morgan fingerprint density at radius 1 is 0.969 bits per heavy atom. The number of hydrogen-bond acceptors (Lipinski definition) is 2. The van der Waals surface area contributed by atoms with Crippen LogP contribution in [-0.4, -0.2) is 5.97 Å². The highest BCUT2D eigenvalue weighted by Crippen LogP contribution is 2.43. The molecule has 2 fully saturated rings. The maximum absolute atomic E-state index is 13.5. The van der Waals surface area contributed by atoms with E-state index in [0.717, 1.165) is 24.2 Å². The van der Waals surface area contributed by atoms with Gasteiger partial charge in [0.25, 0.3) is 0 Å². The van der Waals surface area contributed by atoms with E-state index in [4.69, 9.17) is 16.3 Å². The van der Waals surface area contributed by atoms with Gasteiger partial charge in [-0.3, -0.25) is 4.79 Å². The molecule has 0 saturated heterocycles. The summed E-state index contributed by atoms with van der Waals surface area (Å²) in [7, 11) is 0. The SMILES string of the molecule is CCCCCCCC1CCC([C@H]2CCCC(CCC(=O)Oc3ccc(Cl)c(F)c3)C2)CC1. The predicted octanol–water partition coefficient (Wildman–Crippen LogP) is 9.14. The Hall–Kier alpha value is -1.09. The van der Waals surface area contributed by atoms with Crippen molar-refractivity contribution in [3.63, 3.8) is 0 Å². The predicted molar refractivity (Wildman–Crippen MR) is 131 cm³/mol. The van der Waals surface area contributed by atoms with Crippen LogP contribution in [0.25, 0.3) is 0 Å². The van der Waals surface area contributed by atoms with Crippen LogP contribution < -0.4 is 4.74 Å². The summed E-state index contributed by atoms with van der Waals surface area (Å²) in [5.74, 6) is 2.75. The van der Waals surface area contributed by atoms with Gasteiger partial charge in [0.15, 0.2) is 0 Å². The topological polar surface area (TPSA) is 26.3 Å². The Morgan fingerprint density at radius 3 is 2.50 bits per heavy atom. The van der Waals surface area contributed by atoms with E-state index in [1.165, 1.54) is 102 Å². The molecule has 2 atom stereocenters. The minimum atomic E-state index is -0.557. The van der Waals surface area contributed by atoms with Crippen molar-refractivity contribution in [2.24, 2.45) is 23.7 Å². The number of esters is 1. The molecule has 180 valence electrons. The zero-order chi connectivity index (χ0) is 22.8. The number of ether oxygens (including phenoxy) is 1. The van der Waals surface area contributed by atoms with Gasteiger partial charge in [0.05, 0.1) is 5.02 Å². The molecule has 0 spiro atoms. The van der Waals surface area contributed by atoms with E-state index in [0.29, 0.717) is 12.3 Å². The van der Waals surface area contributed by atoms with Crippen LogP contribution in [0, 0.1) is 29.5 Å². The first-order valence-electron chi connectivity index (χ1n) is 13.2. The largest absolute Gasteiger partial charge is 0.426 e. The maximum atomic E-state index is 13.5. The molecule has 0 aliphatic heterocycles. The van der Waals surface area contributed by atoms with Crippen LogP contribution in [0.3, 0.4) is 0 Å².